The van der Waals surface area contributed by atoms with Crippen molar-refractivity contribution in [1.29, 1.82) is 0 Å². The summed E-state index contributed by atoms with van der Waals surface area (Å²) in [4.78, 5) is 23.5. The molecule has 2 saturated heterocycles. The maximum atomic E-state index is 13.2. The van der Waals surface area contributed by atoms with Crippen molar-refractivity contribution in [2.75, 3.05) is 55.7 Å². The van der Waals surface area contributed by atoms with Crippen LogP contribution in [0.5, 0.6) is 0 Å². The van der Waals surface area contributed by atoms with E-state index < -0.39 is 0 Å². The van der Waals surface area contributed by atoms with Crippen molar-refractivity contribution in [1.82, 2.24) is 15.2 Å². The fourth-order valence-corrected chi connectivity index (χ4v) is 4.27. The molecule has 0 spiro atoms. The molecule has 2 fully saturated rings. The van der Waals surface area contributed by atoms with Crippen LogP contribution in [-0.4, -0.2) is 67.9 Å². The number of carbonyl (C=O) groups is 1. The van der Waals surface area contributed by atoms with Crippen molar-refractivity contribution < 1.29 is 13.9 Å². The maximum Gasteiger partial charge on any atom is 0.317 e. The number of ether oxygens (including phenoxy) is 1. The lowest BCUT2D eigenvalue weighted by molar-refractivity contribution is 0.0826. The molecule has 0 radical (unpaired) electrons. The number of likely N-dealkylation sites (N-methyl/N-ethyl adjacent to an activating group) is 1. The summed E-state index contributed by atoms with van der Waals surface area (Å²) in [6.45, 7) is 7.93. The molecular weight excluding hydrogens is 409 g/mol. The third-order valence-electron chi connectivity index (χ3n) is 6.17. The van der Waals surface area contributed by atoms with Gasteiger partial charge in [0.2, 0.25) is 0 Å². The topological polar surface area (TPSA) is 60.9 Å². The zero-order valence-corrected chi connectivity index (χ0v) is 18.7. The van der Waals surface area contributed by atoms with Gasteiger partial charge in [-0.2, -0.15) is 0 Å². The van der Waals surface area contributed by atoms with Crippen LogP contribution in [0.3, 0.4) is 0 Å². The fourth-order valence-electron chi connectivity index (χ4n) is 4.27. The lowest BCUT2D eigenvalue weighted by Crippen LogP contribution is -2.46. The van der Waals surface area contributed by atoms with Crippen molar-refractivity contribution in [2.45, 2.75) is 32.4 Å². The lowest BCUT2D eigenvalue weighted by Gasteiger charge is -2.36. The average molecular weight is 442 g/mol. The highest BCUT2D eigenvalue weighted by atomic mass is 19.1. The van der Waals surface area contributed by atoms with Gasteiger partial charge in [-0.3, -0.25) is 0 Å². The van der Waals surface area contributed by atoms with Crippen LogP contribution in [0.4, 0.5) is 20.7 Å². The highest BCUT2D eigenvalue weighted by Crippen LogP contribution is 2.20. The molecule has 32 heavy (non-hydrogen) atoms. The molecule has 1 aromatic heterocycles. The van der Waals surface area contributed by atoms with Crippen LogP contribution in [0.2, 0.25) is 0 Å². The standard InChI is InChI=1S/C24H32FN5O2/c1-2-28(18-22-4-3-15-32-22)24(31)27-17-19-9-10-26-23(16-19)30-13-11-29(12-14-30)21-7-5-20(25)6-8-21/h5-10,16,22H,2-4,11-15,17-18H2,1H3,(H,27,31). The summed E-state index contributed by atoms with van der Waals surface area (Å²) in [6.07, 6.45) is 4.04. The fraction of sp³-hybridized carbons (Fsp3) is 0.500. The Balaban J connectivity index is 1.28. The van der Waals surface area contributed by atoms with Gasteiger partial charge in [0.15, 0.2) is 0 Å². The second-order valence-corrected chi connectivity index (χ2v) is 8.31. The first-order valence-corrected chi connectivity index (χ1v) is 11.5. The van der Waals surface area contributed by atoms with Crippen molar-refractivity contribution in [2.24, 2.45) is 0 Å². The van der Waals surface area contributed by atoms with E-state index in [4.69, 9.17) is 4.74 Å². The number of carbonyl (C=O) groups excluding carboxylic acids is 1. The van der Waals surface area contributed by atoms with Gasteiger partial charge in [-0.05, 0) is 61.7 Å². The average Bonchev–Trinajstić information content (AvgIpc) is 3.35. The normalized spacial score (nSPS) is 18.6. The zero-order valence-electron chi connectivity index (χ0n) is 18.7. The number of rotatable bonds is 7. The number of urea groups is 1. The molecule has 4 rings (SSSR count). The SMILES string of the molecule is CCN(CC1CCCO1)C(=O)NCc1ccnc(N2CCN(c3ccc(F)cc3)CC2)c1. The Bertz CT molecular complexity index is 880. The number of piperazine rings is 1. The van der Waals surface area contributed by atoms with Crippen molar-refractivity contribution in [3.05, 3.63) is 54.0 Å². The second kappa shape index (κ2) is 10.6. The number of nitrogens with one attached hydrogen (secondary N) is 1. The summed E-state index contributed by atoms with van der Waals surface area (Å²) < 4.78 is 18.8. The minimum absolute atomic E-state index is 0.0609. The summed E-state index contributed by atoms with van der Waals surface area (Å²) in [5.74, 6) is 0.705. The first kappa shape index (κ1) is 22.3. The summed E-state index contributed by atoms with van der Waals surface area (Å²) in [6, 6.07) is 10.6. The van der Waals surface area contributed by atoms with Gasteiger partial charge in [0, 0.05) is 64.3 Å². The second-order valence-electron chi connectivity index (χ2n) is 8.31. The number of nitrogens with zero attached hydrogens (tertiary/aromatic N) is 4. The number of amides is 2. The van der Waals surface area contributed by atoms with E-state index in [2.05, 4.69) is 20.1 Å². The van der Waals surface area contributed by atoms with Gasteiger partial charge in [-0.15, -0.1) is 0 Å². The minimum Gasteiger partial charge on any atom is -0.376 e. The highest BCUT2D eigenvalue weighted by molar-refractivity contribution is 5.74. The van der Waals surface area contributed by atoms with E-state index in [1.807, 2.05) is 36.1 Å². The van der Waals surface area contributed by atoms with E-state index in [1.165, 1.54) is 12.1 Å². The predicted octanol–water partition coefficient (Wildman–Crippen LogP) is 3.26. The smallest absolute Gasteiger partial charge is 0.317 e. The number of hydrogen-bond acceptors (Lipinski definition) is 5. The van der Waals surface area contributed by atoms with Gasteiger partial charge in [-0.25, -0.2) is 14.2 Å². The minimum atomic E-state index is -0.214. The monoisotopic (exact) mass is 441 g/mol. The molecule has 7 nitrogen and oxygen atoms in total. The van der Waals surface area contributed by atoms with Crippen molar-refractivity contribution in [3.8, 4) is 0 Å². The molecule has 0 saturated carbocycles. The van der Waals surface area contributed by atoms with Gasteiger partial charge in [-0.1, -0.05) is 0 Å². The molecule has 3 heterocycles. The van der Waals surface area contributed by atoms with Gasteiger partial charge in [0.1, 0.15) is 11.6 Å². The molecule has 1 unspecified atom stereocenters. The van der Waals surface area contributed by atoms with Crippen LogP contribution in [0.25, 0.3) is 0 Å². The molecule has 2 aliphatic heterocycles. The molecule has 8 heteroatoms. The van der Waals surface area contributed by atoms with Gasteiger partial charge >= 0.3 is 6.03 Å². The molecule has 2 amide bonds. The number of hydrogen-bond donors (Lipinski definition) is 1. The molecule has 2 aliphatic rings. The largest absolute Gasteiger partial charge is 0.376 e. The predicted molar refractivity (Wildman–Crippen MR) is 124 cm³/mol. The number of aromatic nitrogens is 1. The third-order valence-corrected chi connectivity index (χ3v) is 6.17. The Kier molecular flexibility index (Phi) is 7.42. The van der Waals surface area contributed by atoms with Gasteiger partial charge in [0.05, 0.1) is 6.10 Å². The van der Waals surface area contributed by atoms with E-state index in [1.54, 1.807) is 6.20 Å². The molecule has 1 N–H and O–H groups in total. The Morgan fingerprint density at radius 2 is 1.94 bits per heavy atom. The first-order chi connectivity index (χ1) is 15.6. The van der Waals surface area contributed by atoms with Crippen molar-refractivity contribution >= 4 is 17.5 Å². The summed E-state index contributed by atoms with van der Waals surface area (Å²) >= 11 is 0. The van der Waals surface area contributed by atoms with E-state index in [0.717, 1.165) is 62.7 Å². The molecule has 0 aliphatic carbocycles. The maximum absolute atomic E-state index is 13.2. The van der Waals surface area contributed by atoms with Crippen LogP contribution in [0, 0.1) is 5.82 Å². The quantitative estimate of drug-likeness (QED) is 0.715. The van der Waals surface area contributed by atoms with Crippen LogP contribution in [0.1, 0.15) is 25.3 Å². The molecule has 0 bridgehead atoms. The van der Waals surface area contributed by atoms with Gasteiger partial charge < -0.3 is 24.8 Å². The van der Waals surface area contributed by atoms with Gasteiger partial charge in [0.25, 0.3) is 0 Å². The number of anilines is 2. The molecule has 2 aromatic rings. The lowest BCUT2D eigenvalue weighted by atomic mass is 10.2. The number of halogens is 1. The molecule has 1 atom stereocenters. The number of benzene rings is 1. The van der Waals surface area contributed by atoms with Crippen LogP contribution < -0.4 is 15.1 Å². The van der Waals surface area contributed by atoms with Crippen LogP contribution in [-0.2, 0) is 11.3 Å². The Labute approximate surface area is 189 Å². The number of pyridine rings is 1. The first-order valence-electron chi connectivity index (χ1n) is 11.5. The van der Waals surface area contributed by atoms with Crippen molar-refractivity contribution in [3.63, 3.8) is 0 Å². The van der Waals surface area contributed by atoms with E-state index in [0.29, 0.717) is 19.6 Å². The van der Waals surface area contributed by atoms with E-state index in [9.17, 15) is 9.18 Å². The van der Waals surface area contributed by atoms with Crippen LogP contribution in [0.15, 0.2) is 42.6 Å². The summed E-state index contributed by atoms with van der Waals surface area (Å²) in [5.41, 5.74) is 2.07. The molecule has 172 valence electrons. The molecular formula is C24H32FN5O2. The molecule has 1 aromatic carbocycles. The zero-order chi connectivity index (χ0) is 22.3. The Hall–Kier alpha value is -2.87. The summed E-state index contributed by atoms with van der Waals surface area (Å²) in [5, 5.41) is 3.03. The van der Waals surface area contributed by atoms with E-state index in [-0.39, 0.29) is 18.0 Å². The van der Waals surface area contributed by atoms with E-state index >= 15 is 0 Å². The van der Waals surface area contributed by atoms with Crippen LogP contribution >= 0.6 is 0 Å². The third kappa shape index (κ3) is 5.68. The summed E-state index contributed by atoms with van der Waals surface area (Å²) in [7, 11) is 0. The highest BCUT2D eigenvalue weighted by Gasteiger charge is 2.22. The Morgan fingerprint density at radius 1 is 1.19 bits per heavy atom. The Morgan fingerprint density at radius 3 is 2.62 bits per heavy atom.